The number of nitrogens with one attached hydrogen (secondary N) is 1. The van der Waals surface area contributed by atoms with Crippen molar-refractivity contribution in [3.8, 4) is 0 Å². The normalized spacial score (nSPS) is 23.7. The molecule has 0 bridgehead atoms. The molecule has 2 heterocycles. The number of halogens is 2. The molecule has 6 unspecified atom stereocenters. The zero-order valence-electron chi connectivity index (χ0n) is 27.3. The number of carbonyl (C=O) groups excluding carboxylic acids is 2. The molecule has 2 aliphatic rings. The summed E-state index contributed by atoms with van der Waals surface area (Å²) in [5, 5.41) is 16.7. The van der Waals surface area contributed by atoms with E-state index in [1.807, 2.05) is 91.0 Å². The lowest BCUT2D eigenvalue weighted by Crippen LogP contribution is -2.53. The molecule has 4 aromatic carbocycles. The zero-order chi connectivity index (χ0) is 33.7. The summed E-state index contributed by atoms with van der Waals surface area (Å²) in [6.07, 6.45) is -0.482. The Hall–Kier alpha value is -3.68. The topological polar surface area (TPSA) is 72.9 Å². The van der Waals surface area contributed by atoms with Crippen LogP contribution in [0.1, 0.15) is 67.5 Å². The molecule has 0 aromatic heterocycles. The number of anilines is 1. The number of rotatable bonds is 7. The SMILES string of the molecule is CN(C)C(=O)C1C(c2cccc(Cl)c2)C2(C(=O)Nc3cc(Cl)ccc32)C(CC(C)(C)C)N1C(c1ccccc1)C(O)c1ccccc1. The van der Waals surface area contributed by atoms with Crippen LogP contribution >= 0.6 is 23.2 Å². The van der Waals surface area contributed by atoms with Crippen molar-refractivity contribution in [2.45, 2.75) is 62.8 Å². The summed E-state index contributed by atoms with van der Waals surface area (Å²) in [7, 11) is 3.49. The van der Waals surface area contributed by atoms with Crippen LogP contribution in [-0.4, -0.2) is 52.9 Å². The minimum Gasteiger partial charge on any atom is -0.386 e. The van der Waals surface area contributed by atoms with Crippen molar-refractivity contribution < 1.29 is 14.7 Å². The molecule has 0 aliphatic carbocycles. The third-order valence-electron chi connectivity index (χ3n) is 9.67. The highest BCUT2D eigenvalue weighted by Gasteiger charge is 2.70. The third kappa shape index (κ3) is 5.86. The number of likely N-dealkylation sites (N-methyl/N-ethyl adjacent to an activating group) is 1. The van der Waals surface area contributed by atoms with Crippen LogP contribution in [0.15, 0.2) is 103 Å². The molecule has 0 radical (unpaired) electrons. The number of hydrogen-bond acceptors (Lipinski definition) is 4. The van der Waals surface area contributed by atoms with E-state index in [0.717, 1.165) is 22.3 Å². The standard InChI is InChI=1S/C39H41Cl2N3O3/c1-38(2,3)23-31-39(29-20-19-28(41)22-30(29)42-37(39)47)32(26-17-12-18-27(40)21-26)34(36(46)43(4)5)44(31)33(24-13-8-6-9-14-24)35(45)25-15-10-7-11-16-25/h6-22,31-35,45H,23H2,1-5H3,(H,42,47). The van der Waals surface area contributed by atoms with E-state index in [-0.39, 0.29) is 17.2 Å². The second kappa shape index (κ2) is 12.7. The maximum atomic E-state index is 15.0. The molecule has 6 rings (SSSR count). The van der Waals surface area contributed by atoms with E-state index >= 15 is 4.79 Å². The van der Waals surface area contributed by atoms with Crippen molar-refractivity contribution in [1.82, 2.24) is 9.80 Å². The quantitative estimate of drug-likeness (QED) is 0.209. The van der Waals surface area contributed by atoms with Crippen molar-refractivity contribution in [1.29, 1.82) is 0 Å². The smallest absolute Gasteiger partial charge is 0.240 e. The number of hydrogen-bond donors (Lipinski definition) is 2. The van der Waals surface area contributed by atoms with Crippen molar-refractivity contribution in [3.05, 3.63) is 135 Å². The predicted molar refractivity (Wildman–Crippen MR) is 189 cm³/mol. The summed E-state index contributed by atoms with van der Waals surface area (Å²) in [4.78, 5) is 33.6. The molecule has 4 aromatic rings. The fraction of sp³-hybridized carbons (Fsp3) is 0.333. The number of amides is 2. The average molecular weight is 671 g/mol. The highest BCUT2D eigenvalue weighted by Crippen LogP contribution is 2.62. The Morgan fingerprint density at radius 1 is 0.894 bits per heavy atom. The van der Waals surface area contributed by atoms with Crippen molar-refractivity contribution in [2.75, 3.05) is 19.4 Å². The maximum absolute atomic E-state index is 15.0. The average Bonchev–Trinajstić information content (AvgIpc) is 3.47. The van der Waals surface area contributed by atoms with Gasteiger partial charge in [0.2, 0.25) is 11.8 Å². The van der Waals surface area contributed by atoms with Crippen LogP contribution in [-0.2, 0) is 15.0 Å². The Morgan fingerprint density at radius 2 is 1.51 bits per heavy atom. The van der Waals surface area contributed by atoms with Crippen LogP contribution in [0.5, 0.6) is 0 Å². The van der Waals surface area contributed by atoms with E-state index < -0.39 is 35.6 Å². The summed E-state index contributed by atoms with van der Waals surface area (Å²) >= 11 is 13.2. The number of carbonyl (C=O) groups is 2. The predicted octanol–water partition coefficient (Wildman–Crippen LogP) is 8.02. The monoisotopic (exact) mass is 669 g/mol. The lowest BCUT2D eigenvalue weighted by atomic mass is 9.62. The number of benzene rings is 4. The first-order chi connectivity index (χ1) is 22.3. The van der Waals surface area contributed by atoms with Gasteiger partial charge in [-0.1, -0.05) is 123 Å². The molecular formula is C39H41Cl2N3O3. The van der Waals surface area contributed by atoms with Crippen molar-refractivity contribution in [2.24, 2.45) is 5.41 Å². The fourth-order valence-electron chi connectivity index (χ4n) is 7.92. The van der Waals surface area contributed by atoms with Crippen LogP contribution in [0.2, 0.25) is 10.0 Å². The Balaban J connectivity index is 1.74. The minimum atomic E-state index is -1.24. The van der Waals surface area contributed by atoms with E-state index in [4.69, 9.17) is 23.2 Å². The third-order valence-corrected chi connectivity index (χ3v) is 10.1. The van der Waals surface area contributed by atoms with Crippen molar-refractivity contribution in [3.63, 3.8) is 0 Å². The Morgan fingerprint density at radius 3 is 2.11 bits per heavy atom. The lowest BCUT2D eigenvalue weighted by Gasteiger charge is -2.44. The summed E-state index contributed by atoms with van der Waals surface area (Å²) in [6, 6.07) is 30.3. The van der Waals surface area contributed by atoms with Crippen molar-refractivity contribution >= 4 is 40.7 Å². The van der Waals surface area contributed by atoms with Gasteiger partial charge < -0.3 is 15.3 Å². The van der Waals surface area contributed by atoms with Crippen LogP contribution in [0.4, 0.5) is 5.69 Å². The van der Waals surface area contributed by atoms with E-state index in [9.17, 15) is 9.90 Å². The molecular weight excluding hydrogens is 629 g/mol. The summed E-state index contributed by atoms with van der Waals surface area (Å²) in [6.45, 7) is 6.44. The van der Waals surface area contributed by atoms with Gasteiger partial charge in [0.05, 0.1) is 18.2 Å². The second-order valence-electron chi connectivity index (χ2n) is 14.2. The van der Waals surface area contributed by atoms with Gasteiger partial charge in [0.25, 0.3) is 0 Å². The van der Waals surface area contributed by atoms with Crippen LogP contribution in [0.25, 0.3) is 0 Å². The molecule has 244 valence electrons. The van der Waals surface area contributed by atoms with Gasteiger partial charge in [-0.2, -0.15) is 0 Å². The molecule has 0 saturated carbocycles. The first kappa shape index (κ1) is 33.2. The van der Waals surface area contributed by atoms with Gasteiger partial charge in [-0.15, -0.1) is 0 Å². The number of aliphatic hydroxyl groups is 1. The highest BCUT2D eigenvalue weighted by atomic mass is 35.5. The summed E-state index contributed by atoms with van der Waals surface area (Å²) < 4.78 is 0. The summed E-state index contributed by atoms with van der Waals surface area (Å²) in [5.41, 5.74) is 2.23. The maximum Gasteiger partial charge on any atom is 0.240 e. The van der Waals surface area contributed by atoms with Gasteiger partial charge in [0.15, 0.2) is 0 Å². The van der Waals surface area contributed by atoms with E-state index in [1.54, 1.807) is 31.1 Å². The molecule has 2 aliphatic heterocycles. The zero-order valence-corrected chi connectivity index (χ0v) is 28.8. The first-order valence-electron chi connectivity index (χ1n) is 16.0. The first-order valence-corrected chi connectivity index (χ1v) is 16.7. The van der Waals surface area contributed by atoms with Gasteiger partial charge in [-0.25, -0.2) is 0 Å². The number of aliphatic hydroxyl groups excluding tert-OH is 1. The minimum absolute atomic E-state index is 0.165. The molecule has 2 amide bonds. The highest BCUT2D eigenvalue weighted by molar-refractivity contribution is 6.31. The molecule has 47 heavy (non-hydrogen) atoms. The van der Waals surface area contributed by atoms with Crippen LogP contribution < -0.4 is 5.32 Å². The van der Waals surface area contributed by atoms with E-state index in [1.165, 1.54) is 0 Å². The van der Waals surface area contributed by atoms with Crippen LogP contribution in [0.3, 0.4) is 0 Å². The number of likely N-dealkylation sites (tertiary alicyclic amines) is 1. The molecule has 1 saturated heterocycles. The van der Waals surface area contributed by atoms with Gasteiger partial charge >= 0.3 is 0 Å². The van der Waals surface area contributed by atoms with Gasteiger partial charge in [-0.05, 0) is 58.4 Å². The lowest BCUT2D eigenvalue weighted by molar-refractivity contribution is -0.137. The summed E-state index contributed by atoms with van der Waals surface area (Å²) in [5.74, 6) is -1.03. The van der Waals surface area contributed by atoms with E-state index in [0.29, 0.717) is 22.2 Å². The second-order valence-corrected chi connectivity index (χ2v) is 15.0. The largest absolute Gasteiger partial charge is 0.386 e. The number of nitrogens with zero attached hydrogens (tertiary/aromatic N) is 2. The molecule has 6 atom stereocenters. The molecule has 8 heteroatoms. The number of fused-ring (bicyclic) bond motifs is 2. The van der Waals surface area contributed by atoms with Gasteiger partial charge in [0, 0.05) is 41.8 Å². The Kier molecular flexibility index (Phi) is 9.00. The van der Waals surface area contributed by atoms with Gasteiger partial charge in [0.1, 0.15) is 5.41 Å². The van der Waals surface area contributed by atoms with E-state index in [2.05, 4.69) is 31.0 Å². The van der Waals surface area contributed by atoms with Gasteiger partial charge in [-0.3, -0.25) is 14.5 Å². The molecule has 1 fully saturated rings. The fourth-order valence-corrected chi connectivity index (χ4v) is 8.29. The Labute approximate surface area is 287 Å². The molecule has 6 nitrogen and oxygen atoms in total. The molecule has 1 spiro atoms. The Bertz CT molecular complexity index is 1780. The van der Waals surface area contributed by atoms with Crippen LogP contribution in [0, 0.1) is 5.41 Å². The molecule has 2 N–H and O–H groups in total.